The summed E-state index contributed by atoms with van der Waals surface area (Å²) in [6, 6.07) is 5.82. The number of benzene rings is 1. The first kappa shape index (κ1) is 13.4. The number of hydrogen-bond donors (Lipinski definition) is 1. The van der Waals surface area contributed by atoms with Crippen molar-refractivity contribution in [1.82, 2.24) is 9.55 Å². The third kappa shape index (κ3) is 2.38. The molecule has 0 saturated carbocycles. The zero-order valence-corrected chi connectivity index (χ0v) is 11.9. The number of para-hydroxylation sites is 1. The molecule has 0 saturated heterocycles. The van der Waals surface area contributed by atoms with E-state index in [4.69, 9.17) is 22.3 Å². The maximum absolute atomic E-state index is 6.24. The number of halogens is 1. The fourth-order valence-corrected chi connectivity index (χ4v) is 2.78. The van der Waals surface area contributed by atoms with Crippen LogP contribution in [-0.2, 0) is 7.05 Å². The highest BCUT2D eigenvalue weighted by Crippen LogP contribution is 2.29. The molecule has 1 atom stereocenters. The summed E-state index contributed by atoms with van der Waals surface area (Å²) in [5, 5.41) is 0.745. The first-order chi connectivity index (χ1) is 8.54. The Morgan fingerprint density at radius 3 is 2.67 bits per heavy atom. The third-order valence-electron chi connectivity index (χ3n) is 3.29. The van der Waals surface area contributed by atoms with Gasteiger partial charge in [0.1, 0.15) is 5.82 Å². The maximum atomic E-state index is 6.24. The smallest absolute Gasteiger partial charge is 0.114 e. The van der Waals surface area contributed by atoms with Crippen molar-refractivity contribution in [2.75, 3.05) is 6.54 Å². The standard InChI is InChI=1S/C14H20ClN3/c1-9(2)7-10(8-16)14-17-12-6-4-5-11(15)13(12)18(14)3/h4-6,9-10H,7-8,16H2,1-3H3. The quantitative estimate of drug-likeness (QED) is 0.922. The highest BCUT2D eigenvalue weighted by atomic mass is 35.5. The van der Waals surface area contributed by atoms with Crippen molar-refractivity contribution in [2.24, 2.45) is 18.7 Å². The molecule has 1 aromatic heterocycles. The van der Waals surface area contributed by atoms with Crippen LogP contribution in [0, 0.1) is 5.92 Å². The zero-order valence-electron chi connectivity index (χ0n) is 11.2. The topological polar surface area (TPSA) is 43.8 Å². The van der Waals surface area contributed by atoms with Gasteiger partial charge >= 0.3 is 0 Å². The number of fused-ring (bicyclic) bond motifs is 1. The largest absolute Gasteiger partial charge is 0.330 e. The molecule has 3 nitrogen and oxygen atoms in total. The normalized spacial score (nSPS) is 13.4. The molecular weight excluding hydrogens is 246 g/mol. The molecule has 0 aliphatic heterocycles. The van der Waals surface area contributed by atoms with E-state index < -0.39 is 0 Å². The van der Waals surface area contributed by atoms with Crippen molar-refractivity contribution >= 4 is 22.6 Å². The fraction of sp³-hybridized carbons (Fsp3) is 0.500. The van der Waals surface area contributed by atoms with Gasteiger partial charge in [-0.2, -0.15) is 0 Å². The number of imidazole rings is 1. The van der Waals surface area contributed by atoms with E-state index >= 15 is 0 Å². The molecule has 4 heteroatoms. The monoisotopic (exact) mass is 265 g/mol. The Morgan fingerprint density at radius 2 is 2.11 bits per heavy atom. The number of aryl methyl sites for hydroxylation is 1. The highest BCUT2D eigenvalue weighted by Gasteiger charge is 2.19. The van der Waals surface area contributed by atoms with Crippen LogP contribution in [0.5, 0.6) is 0 Å². The molecule has 0 amide bonds. The van der Waals surface area contributed by atoms with E-state index in [0.717, 1.165) is 28.3 Å². The lowest BCUT2D eigenvalue weighted by Gasteiger charge is -2.16. The van der Waals surface area contributed by atoms with Gasteiger partial charge in [0.15, 0.2) is 0 Å². The van der Waals surface area contributed by atoms with Crippen LogP contribution in [0.2, 0.25) is 5.02 Å². The maximum Gasteiger partial charge on any atom is 0.114 e. The Kier molecular flexibility index (Phi) is 3.93. The van der Waals surface area contributed by atoms with E-state index in [1.54, 1.807) is 0 Å². The minimum atomic E-state index is 0.290. The number of hydrogen-bond acceptors (Lipinski definition) is 2. The van der Waals surface area contributed by atoms with Gasteiger partial charge in [0, 0.05) is 19.5 Å². The predicted molar refractivity (Wildman–Crippen MR) is 77.0 cm³/mol. The van der Waals surface area contributed by atoms with Gasteiger partial charge in [0.2, 0.25) is 0 Å². The fourth-order valence-electron chi connectivity index (χ4n) is 2.48. The summed E-state index contributed by atoms with van der Waals surface area (Å²) in [6.45, 7) is 5.03. The Balaban J connectivity index is 2.50. The number of rotatable bonds is 4. The molecule has 0 bridgehead atoms. The SMILES string of the molecule is CC(C)CC(CN)c1nc2cccc(Cl)c2n1C. The van der Waals surface area contributed by atoms with Crippen LogP contribution in [0.15, 0.2) is 18.2 Å². The van der Waals surface area contributed by atoms with Crippen molar-refractivity contribution in [3.8, 4) is 0 Å². The molecule has 1 aromatic carbocycles. The summed E-state index contributed by atoms with van der Waals surface area (Å²) in [5.74, 6) is 1.93. The predicted octanol–water partition coefficient (Wildman–Crippen LogP) is 3.32. The van der Waals surface area contributed by atoms with E-state index in [1.807, 2.05) is 25.2 Å². The third-order valence-corrected chi connectivity index (χ3v) is 3.59. The van der Waals surface area contributed by atoms with E-state index in [0.29, 0.717) is 18.4 Å². The van der Waals surface area contributed by atoms with E-state index in [9.17, 15) is 0 Å². The van der Waals surface area contributed by atoms with Gasteiger partial charge in [-0.05, 0) is 24.5 Å². The van der Waals surface area contributed by atoms with Crippen LogP contribution in [-0.4, -0.2) is 16.1 Å². The molecule has 0 spiro atoms. The molecule has 1 unspecified atom stereocenters. The van der Waals surface area contributed by atoms with Gasteiger partial charge in [-0.1, -0.05) is 31.5 Å². The van der Waals surface area contributed by atoms with Crippen LogP contribution >= 0.6 is 11.6 Å². The molecule has 2 rings (SSSR count). The molecular formula is C14H20ClN3. The minimum Gasteiger partial charge on any atom is -0.330 e. The van der Waals surface area contributed by atoms with Crippen LogP contribution in [0.4, 0.5) is 0 Å². The molecule has 0 radical (unpaired) electrons. The zero-order chi connectivity index (χ0) is 13.3. The van der Waals surface area contributed by atoms with Gasteiger partial charge in [-0.15, -0.1) is 0 Å². The molecule has 18 heavy (non-hydrogen) atoms. The number of nitrogens with zero attached hydrogens (tertiary/aromatic N) is 2. The molecule has 0 aliphatic rings. The van der Waals surface area contributed by atoms with Crippen LogP contribution in [0.1, 0.15) is 32.0 Å². The van der Waals surface area contributed by atoms with Gasteiger partial charge in [0.25, 0.3) is 0 Å². The molecule has 2 aromatic rings. The summed E-state index contributed by atoms with van der Waals surface area (Å²) in [5.41, 5.74) is 7.84. The highest BCUT2D eigenvalue weighted by molar-refractivity contribution is 6.35. The molecule has 98 valence electrons. The van der Waals surface area contributed by atoms with Crippen molar-refractivity contribution in [2.45, 2.75) is 26.2 Å². The Labute approximate surface area is 113 Å². The molecule has 2 N–H and O–H groups in total. The summed E-state index contributed by atoms with van der Waals surface area (Å²) >= 11 is 6.24. The Hall–Kier alpha value is -1.06. The average molecular weight is 266 g/mol. The Bertz CT molecular complexity index is 545. The minimum absolute atomic E-state index is 0.290. The second-order valence-electron chi connectivity index (χ2n) is 5.20. The molecule has 0 aliphatic carbocycles. The van der Waals surface area contributed by atoms with Crippen LogP contribution < -0.4 is 5.73 Å². The van der Waals surface area contributed by atoms with Gasteiger partial charge in [0.05, 0.1) is 16.1 Å². The lowest BCUT2D eigenvalue weighted by molar-refractivity contribution is 0.480. The Morgan fingerprint density at radius 1 is 1.39 bits per heavy atom. The summed E-state index contributed by atoms with van der Waals surface area (Å²) in [7, 11) is 2.01. The first-order valence-corrected chi connectivity index (χ1v) is 6.73. The summed E-state index contributed by atoms with van der Waals surface area (Å²) < 4.78 is 2.08. The average Bonchev–Trinajstić information content (AvgIpc) is 2.65. The van der Waals surface area contributed by atoms with Crippen molar-refractivity contribution in [3.05, 3.63) is 29.0 Å². The summed E-state index contributed by atoms with van der Waals surface area (Å²) in [6.07, 6.45) is 1.05. The van der Waals surface area contributed by atoms with Crippen molar-refractivity contribution < 1.29 is 0 Å². The van der Waals surface area contributed by atoms with Crippen molar-refractivity contribution in [1.29, 1.82) is 0 Å². The summed E-state index contributed by atoms with van der Waals surface area (Å²) in [4.78, 5) is 4.70. The number of nitrogens with two attached hydrogens (primary N) is 1. The second kappa shape index (κ2) is 5.29. The van der Waals surface area contributed by atoms with E-state index in [1.165, 1.54) is 0 Å². The lowest BCUT2D eigenvalue weighted by Crippen LogP contribution is -2.18. The van der Waals surface area contributed by atoms with E-state index in [2.05, 4.69) is 18.4 Å². The van der Waals surface area contributed by atoms with Crippen LogP contribution in [0.3, 0.4) is 0 Å². The second-order valence-corrected chi connectivity index (χ2v) is 5.61. The van der Waals surface area contributed by atoms with Gasteiger partial charge in [-0.3, -0.25) is 0 Å². The van der Waals surface area contributed by atoms with Crippen molar-refractivity contribution in [3.63, 3.8) is 0 Å². The number of aromatic nitrogens is 2. The van der Waals surface area contributed by atoms with Gasteiger partial charge < -0.3 is 10.3 Å². The van der Waals surface area contributed by atoms with Gasteiger partial charge in [-0.25, -0.2) is 4.98 Å². The molecule has 0 fully saturated rings. The molecule has 1 heterocycles. The first-order valence-electron chi connectivity index (χ1n) is 6.35. The van der Waals surface area contributed by atoms with E-state index in [-0.39, 0.29) is 0 Å². The van der Waals surface area contributed by atoms with Crippen LogP contribution in [0.25, 0.3) is 11.0 Å². The lowest BCUT2D eigenvalue weighted by atomic mass is 9.96.